The Morgan fingerprint density at radius 1 is 1.00 bits per heavy atom. The number of carbonyl (C=O) groups excluding carboxylic acids is 2. The van der Waals surface area contributed by atoms with Crippen molar-refractivity contribution in [1.82, 2.24) is 10.4 Å². The number of hydrogen-bond donors (Lipinski definition) is 1. The van der Waals surface area contributed by atoms with Crippen LogP contribution in [0.15, 0.2) is 54.6 Å². The van der Waals surface area contributed by atoms with Gasteiger partial charge in [0.05, 0.1) is 13.7 Å². The Bertz CT molecular complexity index is 639. The van der Waals surface area contributed by atoms with Crippen LogP contribution in [-0.2, 0) is 9.63 Å². The summed E-state index contributed by atoms with van der Waals surface area (Å²) in [6.07, 6.45) is 0. The molecular formula is C17H18N2O3. The Kier molecular flexibility index (Phi) is 5.27. The van der Waals surface area contributed by atoms with Gasteiger partial charge in [-0.1, -0.05) is 42.5 Å². The molecule has 2 amide bonds. The molecule has 0 saturated heterocycles. The lowest BCUT2D eigenvalue weighted by molar-refractivity contribution is -0.167. The summed E-state index contributed by atoms with van der Waals surface area (Å²) >= 11 is 0. The number of nitrogens with one attached hydrogen (secondary N) is 1. The van der Waals surface area contributed by atoms with Crippen molar-refractivity contribution in [3.05, 3.63) is 60.2 Å². The quantitative estimate of drug-likeness (QED) is 0.860. The van der Waals surface area contributed by atoms with E-state index in [0.29, 0.717) is 5.56 Å². The maximum Gasteiger partial charge on any atom is 0.265 e. The SMILES string of the molecule is CON(C)C(=O)CNC(=O)c1ccc(-c2ccccc2)cc1. The van der Waals surface area contributed by atoms with Gasteiger partial charge < -0.3 is 5.32 Å². The van der Waals surface area contributed by atoms with E-state index < -0.39 is 0 Å². The van der Waals surface area contributed by atoms with E-state index in [1.54, 1.807) is 12.1 Å². The Labute approximate surface area is 129 Å². The van der Waals surface area contributed by atoms with E-state index in [1.165, 1.54) is 14.2 Å². The summed E-state index contributed by atoms with van der Waals surface area (Å²) in [4.78, 5) is 28.3. The van der Waals surface area contributed by atoms with Gasteiger partial charge in [-0.25, -0.2) is 5.06 Å². The molecule has 0 radical (unpaired) electrons. The van der Waals surface area contributed by atoms with Crippen molar-refractivity contribution < 1.29 is 14.4 Å². The molecule has 0 heterocycles. The van der Waals surface area contributed by atoms with Gasteiger partial charge in [-0.15, -0.1) is 0 Å². The number of nitrogens with zero attached hydrogens (tertiary/aromatic N) is 1. The smallest absolute Gasteiger partial charge is 0.265 e. The molecule has 0 saturated carbocycles. The van der Waals surface area contributed by atoms with Crippen molar-refractivity contribution in [1.29, 1.82) is 0 Å². The molecule has 2 aromatic rings. The molecule has 0 atom stereocenters. The fraction of sp³-hybridized carbons (Fsp3) is 0.176. The first-order chi connectivity index (χ1) is 10.6. The molecule has 0 aliphatic carbocycles. The van der Waals surface area contributed by atoms with Crippen molar-refractivity contribution in [2.45, 2.75) is 0 Å². The molecule has 2 rings (SSSR count). The van der Waals surface area contributed by atoms with Gasteiger partial charge in [-0.2, -0.15) is 0 Å². The Hall–Kier alpha value is -2.66. The fourth-order valence-electron chi connectivity index (χ4n) is 1.92. The highest BCUT2D eigenvalue weighted by Crippen LogP contribution is 2.19. The van der Waals surface area contributed by atoms with Crippen LogP contribution in [0.2, 0.25) is 0 Å². The molecule has 22 heavy (non-hydrogen) atoms. The summed E-state index contributed by atoms with van der Waals surface area (Å²) in [6, 6.07) is 17.1. The van der Waals surface area contributed by atoms with Crippen molar-refractivity contribution >= 4 is 11.8 Å². The molecule has 0 fully saturated rings. The van der Waals surface area contributed by atoms with E-state index >= 15 is 0 Å². The average molecular weight is 298 g/mol. The van der Waals surface area contributed by atoms with Gasteiger partial charge in [-0.3, -0.25) is 14.4 Å². The summed E-state index contributed by atoms with van der Waals surface area (Å²) in [7, 11) is 2.88. The van der Waals surface area contributed by atoms with Crippen molar-refractivity contribution in [3.8, 4) is 11.1 Å². The van der Waals surface area contributed by atoms with Crippen LogP contribution in [-0.4, -0.2) is 37.6 Å². The highest BCUT2D eigenvalue weighted by molar-refractivity contribution is 5.96. The Morgan fingerprint density at radius 3 is 2.18 bits per heavy atom. The molecule has 5 heteroatoms. The third kappa shape index (κ3) is 3.93. The van der Waals surface area contributed by atoms with Crippen LogP contribution in [0, 0.1) is 0 Å². The number of benzene rings is 2. The number of likely N-dealkylation sites (N-methyl/N-ethyl adjacent to an activating group) is 1. The molecule has 114 valence electrons. The van der Waals surface area contributed by atoms with Crippen LogP contribution in [0.5, 0.6) is 0 Å². The molecule has 0 unspecified atom stereocenters. The third-order valence-corrected chi connectivity index (χ3v) is 3.28. The molecule has 0 aromatic heterocycles. The molecule has 1 N–H and O–H groups in total. The highest BCUT2D eigenvalue weighted by atomic mass is 16.7. The minimum Gasteiger partial charge on any atom is -0.343 e. The minimum absolute atomic E-state index is 0.108. The number of hydrogen-bond acceptors (Lipinski definition) is 3. The fourth-order valence-corrected chi connectivity index (χ4v) is 1.92. The zero-order chi connectivity index (χ0) is 15.9. The number of rotatable bonds is 5. The van der Waals surface area contributed by atoms with Crippen molar-refractivity contribution in [3.63, 3.8) is 0 Å². The third-order valence-electron chi connectivity index (χ3n) is 3.28. The van der Waals surface area contributed by atoms with Gasteiger partial charge >= 0.3 is 0 Å². The molecule has 0 bridgehead atoms. The van der Waals surface area contributed by atoms with Crippen LogP contribution in [0.25, 0.3) is 11.1 Å². The lowest BCUT2D eigenvalue weighted by atomic mass is 10.0. The minimum atomic E-state index is -0.322. The van der Waals surface area contributed by atoms with Crippen LogP contribution in [0.1, 0.15) is 10.4 Å². The molecular weight excluding hydrogens is 280 g/mol. The number of carbonyl (C=O) groups is 2. The lowest BCUT2D eigenvalue weighted by Crippen LogP contribution is -2.37. The standard InChI is InChI=1S/C17H18N2O3/c1-19(22-2)16(20)12-18-17(21)15-10-8-14(9-11-15)13-6-4-3-5-7-13/h3-11H,12H2,1-2H3,(H,18,21). The van der Waals surface area contributed by atoms with Gasteiger partial charge in [-0.05, 0) is 23.3 Å². The van der Waals surface area contributed by atoms with Crippen molar-refractivity contribution in [2.24, 2.45) is 0 Å². The maximum absolute atomic E-state index is 12.0. The molecule has 5 nitrogen and oxygen atoms in total. The van der Waals surface area contributed by atoms with E-state index in [9.17, 15) is 9.59 Å². The van der Waals surface area contributed by atoms with Gasteiger partial charge in [0.1, 0.15) is 0 Å². The number of amides is 2. The topological polar surface area (TPSA) is 58.6 Å². The predicted molar refractivity (Wildman–Crippen MR) is 84.0 cm³/mol. The molecule has 0 aliphatic heterocycles. The van der Waals surface area contributed by atoms with E-state index in [4.69, 9.17) is 4.84 Å². The van der Waals surface area contributed by atoms with Gasteiger partial charge in [0.25, 0.3) is 11.8 Å². The Morgan fingerprint density at radius 2 is 1.59 bits per heavy atom. The molecule has 0 aliphatic rings. The number of hydroxylamine groups is 2. The molecule has 0 spiro atoms. The van der Waals surface area contributed by atoms with Gasteiger partial charge in [0.15, 0.2) is 0 Å². The maximum atomic E-state index is 12.0. The van der Waals surface area contributed by atoms with Crippen LogP contribution in [0.3, 0.4) is 0 Å². The van der Waals surface area contributed by atoms with E-state index in [1.807, 2.05) is 42.5 Å². The van der Waals surface area contributed by atoms with E-state index in [-0.39, 0.29) is 18.4 Å². The summed E-state index contributed by atoms with van der Waals surface area (Å²) < 4.78 is 0. The highest BCUT2D eigenvalue weighted by Gasteiger charge is 2.11. The second kappa shape index (κ2) is 7.38. The van der Waals surface area contributed by atoms with Crippen LogP contribution >= 0.6 is 0 Å². The summed E-state index contributed by atoms with van der Waals surface area (Å²) in [5.74, 6) is -0.616. The average Bonchev–Trinajstić information content (AvgIpc) is 2.59. The zero-order valence-electron chi connectivity index (χ0n) is 12.6. The van der Waals surface area contributed by atoms with E-state index in [2.05, 4.69) is 5.32 Å². The second-order valence-electron chi connectivity index (χ2n) is 4.70. The first kappa shape index (κ1) is 15.7. The van der Waals surface area contributed by atoms with Crippen LogP contribution in [0.4, 0.5) is 0 Å². The first-order valence-electron chi connectivity index (χ1n) is 6.86. The zero-order valence-corrected chi connectivity index (χ0v) is 12.6. The lowest BCUT2D eigenvalue weighted by Gasteiger charge is -2.13. The van der Waals surface area contributed by atoms with E-state index in [0.717, 1.165) is 16.2 Å². The largest absolute Gasteiger partial charge is 0.343 e. The van der Waals surface area contributed by atoms with Gasteiger partial charge in [0.2, 0.25) is 0 Å². The van der Waals surface area contributed by atoms with Gasteiger partial charge in [0, 0.05) is 12.6 Å². The summed E-state index contributed by atoms with van der Waals surface area (Å²) in [5, 5.41) is 3.63. The second-order valence-corrected chi connectivity index (χ2v) is 4.70. The summed E-state index contributed by atoms with van der Waals surface area (Å²) in [6.45, 7) is -0.108. The summed E-state index contributed by atoms with van der Waals surface area (Å²) in [5.41, 5.74) is 2.63. The monoisotopic (exact) mass is 298 g/mol. The Balaban J connectivity index is 1.98. The van der Waals surface area contributed by atoms with Crippen molar-refractivity contribution in [2.75, 3.05) is 20.7 Å². The normalized spacial score (nSPS) is 10.1. The first-order valence-corrected chi connectivity index (χ1v) is 6.86. The predicted octanol–water partition coefficient (Wildman–Crippen LogP) is 2.10. The molecule has 2 aromatic carbocycles. The van der Waals surface area contributed by atoms with Crippen LogP contribution < -0.4 is 5.32 Å².